The minimum absolute atomic E-state index is 0. The summed E-state index contributed by atoms with van der Waals surface area (Å²) < 4.78 is 0. The van der Waals surface area contributed by atoms with Crippen molar-refractivity contribution >= 4 is 41.3 Å². The highest BCUT2D eigenvalue weighted by Crippen LogP contribution is 2.16. The highest BCUT2D eigenvalue weighted by molar-refractivity contribution is 14.0. The van der Waals surface area contributed by atoms with Crippen LogP contribution in [0.25, 0.3) is 0 Å². The average Bonchev–Trinajstić information content (AvgIpc) is 3.04. The topological polar surface area (TPSA) is 72.8 Å². The SMILES string of the molecule is CCNC(=NCc1ccc(CN2CCC(O)CC2)cc1)NCc1nc(C)c(C)s1.I. The summed E-state index contributed by atoms with van der Waals surface area (Å²) in [6, 6.07) is 8.71. The Morgan fingerprint density at radius 3 is 2.43 bits per heavy atom. The minimum atomic E-state index is -0.116. The molecule has 1 aliphatic heterocycles. The number of rotatable bonds is 7. The molecule has 2 heterocycles. The van der Waals surface area contributed by atoms with Crippen molar-refractivity contribution in [3.05, 3.63) is 51.0 Å². The number of aryl methyl sites for hydroxylation is 2. The molecule has 0 amide bonds. The molecule has 1 aromatic heterocycles. The highest BCUT2D eigenvalue weighted by atomic mass is 127. The van der Waals surface area contributed by atoms with E-state index in [2.05, 4.69) is 58.6 Å². The van der Waals surface area contributed by atoms with Crippen LogP contribution in [0, 0.1) is 13.8 Å². The van der Waals surface area contributed by atoms with Gasteiger partial charge < -0.3 is 15.7 Å². The van der Waals surface area contributed by atoms with Crippen LogP contribution in [0.1, 0.15) is 46.5 Å². The molecule has 6 nitrogen and oxygen atoms in total. The van der Waals surface area contributed by atoms with Crippen molar-refractivity contribution in [1.82, 2.24) is 20.5 Å². The van der Waals surface area contributed by atoms with Crippen LogP contribution < -0.4 is 10.6 Å². The molecule has 0 aliphatic carbocycles. The molecule has 0 unspecified atom stereocenters. The zero-order chi connectivity index (χ0) is 20.6. The second-order valence-corrected chi connectivity index (χ2v) is 8.91. The zero-order valence-corrected chi connectivity index (χ0v) is 21.3. The summed E-state index contributed by atoms with van der Waals surface area (Å²) in [5.74, 6) is 0.814. The number of nitrogens with zero attached hydrogens (tertiary/aromatic N) is 3. The van der Waals surface area contributed by atoms with Gasteiger partial charge in [0, 0.05) is 31.1 Å². The van der Waals surface area contributed by atoms with Crippen LogP contribution in [0.3, 0.4) is 0 Å². The standard InChI is InChI=1S/C22H33N5OS.HI/c1-4-23-22(25-14-21-26-16(2)17(3)29-21)24-13-18-5-7-19(8-6-18)15-27-11-9-20(28)10-12-27;/h5-8,20,28H,4,9-15H2,1-3H3,(H2,23,24,25);1H. The molecular weight excluding hydrogens is 509 g/mol. The molecule has 1 saturated heterocycles. The third kappa shape index (κ3) is 7.79. The monoisotopic (exact) mass is 543 g/mol. The molecule has 1 fully saturated rings. The first-order valence-electron chi connectivity index (χ1n) is 10.5. The Labute approximate surface area is 201 Å². The van der Waals surface area contributed by atoms with Crippen molar-refractivity contribution in [1.29, 1.82) is 0 Å². The fraction of sp³-hybridized carbons (Fsp3) is 0.545. The number of hydrogen-bond acceptors (Lipinski definition) is 5. The lowest BCUT2D eigenvalue weighted by Gasteiger charge is -2.29. The summed E-state index contributed by atoms with van der Waals surface area (Å²) in [5.41, 5.74) is 3.61. The van der Waals surface area contributed by atoms with Gasteiger partial charge in [0.2, 0.25) is 0 Å². The van der Waals surface area contributed by atoms with Gasteiger partial charge in [-0.1, -0.05) is 24.3 Å². The molecule has 8 heteroatoms. The average molecular weight is 544 g/mol. The summed E-state index contributed by atoms with van der Waals surface area (Å²) >= 11 is 1.73. The molecule has 2 aromatic rings. The van der Waals surface area contributed by atoms with Crippen LogP contribution in [0.15, 0.2) is 29.3 Å². The van der Waals surface area contributed by atoms with Crippen molar-refractivity contribution in [2.45, 2.75) is 59.4 Å². The van der Waals surface area contributed by atoms with Crippen LogP contribution in [0.5, 0.6) is 0 Å². The van der Waals surface area contributed by atoms with Crippen molar-refractivity contribution in [2.75, 3.05) is 19.6 Å². The van der Waals surface area contributed by atoms with Crippen molar-refractivity contribution in [2.24, 2.45) is 4.99 Å². The van der Waals surface area contributed by atoms with E-state index in [-0.39, 0.29) is 30.1 Å². The molecule has 3 rings (SSSR count). The Hall–Kier alpha value is -1.23. The van der Waals surface area contributed by atoms with Gasteiger partial charge in [-0.3, -0.25) is 4.90 Å². The normalized spacial score (nSPS) is 15.7. The van der Waals surface area contributed by atoms with Gasteiger partial charge in [0.1, 0.15) is 5.01 Å². The molecule has 166 valence electrons. The summed E-state index contributed by atoms with van der Waals surface area (Å²) in [5, 5.41) is 17.4. The van der Waals surface area contributed by atoms with Gasteiger partial charge in [0.05, 0.1) is 24.9 Å². The Bertz CT molecular complexity index is 781. The van der Waals surface area contributed by atoms with Gasteiger partial charge >= 0.3 is 0 Å². The molecule has 0 bridgehead atoms. The number of halogens is 1. The quantitative estimate of drug-likeness (QED) is 0.283. The number of thiazole rings is 1. The van der Waals surface area contributed by atoms with E-state index < -0.39 is 0 Å². The van der Waals surface area contributed by atoms with Crippen molar-refractivity contribution in [3.63, 3.8) is 0 Å². The van der Waals surface area contributed by atoms with E-state index in [9.17, 15) is 5.11 Å². The molecule has 1 aliphatic rings. The van der Waals surface area contributed by atoms with Gasteiger partial charge in [0.25, 0.3) is 0 Å². The van der Waals surface area contributed by atoms with Crippen molar-refractivity contribution < 1.29 is 5.11 Å². The number of guanidine groups is 1. The molecule has 0 atom stereocenters. The third-order valence-electron chi connectivity index (χ3n) is 5.23. The number of aliphatic hydroxyl groups excluding tert-OH is 1. The molecule has 0 spiro atoms. The fourth-order valence-corrected chi connectivity index (χ4v) is 4.25. The third-order valence-corrected chi connectivity index (χ3v) is 6.30. The van der Waals surface area contributed by atoms with Gasteiger partial charge in [-0.2, -0.15) is 0 Å². The van der Waals surface area contributed by atoms with Crippen LogP contribution >= 0.6 is 35.3 Å². The number of aliphatic hydroxyl groups is 1. The number of hydrogen-bond donors (Lipinski definition) is 3. The Morgan fingerprint density at radius 1 is 1.17 bits per heavy atom. The summed E-state index contributed by atoms with van der Waals surface area (Å²) in [7, 11) is 0. The molecular formula is C22H34IN5OS. The molecule has 30 heavy (non-hydrogen) atoms. The molecule has 0 saturated carbocycles. The number of aliphatic imine (C=N–C) groups is 1. The summed E-state index contributed by atoms with van der Waals surface area (Å²) in [6.07, 6.45) is 1.65. The fourth-order valence-electron chi connectivity index (χ4n) is 3.37. The lowest BCUT2D eigenvalue weighted by Crippen LogP contribution is -2.36. The van der Waals surface area contributed by atoms with Gasteiger partial charge in [0.15, 0.2) is 5.96 Å². The van der Waals surface area contributed by atoms with Crippen LogP contribution in [-0.4, -0.2) is 46.7 Å². The van der Waals surface area contributed by atoms with Crippen LogP contribution in [0.4, 0.5) is 0 Å². The Balaban J connectivity index is 0.00000320. The predicted molar refractivity (Wildman–Crippen MR) is 136 cm³/mol. The summed E-state index contributed by atoms with van der Waals surface area (Å²) in [6.45, 7) is 11.3. The number of nitrogens with one attached hydrogen (secondary N) is 2. The van der Waals surface area contributed by atoms with E-state index in [1.807, 2.05) is 6.92 Å². The maximum atomic E-state index is 9.64. The molecule has 1 aromatic carbocycles. The number of piperidine rings is 1. The number of benzene rings is 1. The maximum Gasteiger partial charge on any atom is 0.191 e. The van der Waals surface area contributed by atoms with Gasteiger partial charge in [-0.25, -0.2) is 9.98 Å². The largest absolute Gasteiger partial charge is 0.393 e. The van der Waals surface area contributed by atoms with E-state index in [1.165, 1.54) is 16.0 Å². The van der Waals surface area contributed by atoms with Crippen LogP contribution in [-0.2, 0) is 19.6 Å². The first-order chi connectivity index (χ1) is 14.0. The maximum absolute atomic E-state index is 9.64. The van der Waals surface area contributed by atoms with E-state index in [0.29, 0.717) is 13.1 Å². The van der Waals surface area contributed by atoms with Gasteiger partial charge in [-0.15, -0.1) is 35.3 Å². The van der Waals surface area contributed by atoms with E-state index in [1.54, 1.807) is 11.3 Å². The van der Waals surface area contributed by atoms with Crippen molar-refractivity contribution in [3.8, 4) is 0 Å². The predicted octanol–water partition coefficient (Wildman–Crippen LogP) is 3.59. The number of aromatic nitrogens is 1. The Morgan fingerprint density at radius 2 is 1.83 bits per heavy atom. The lowest BCUT2D eigenvalue weighted by molar-refractivity contribution is 0.0792. The van der Waals surface area contributed by atoms with Crippen LogP contribution in [0.2, 0.25) is 0 Å². The highest BCUT2D eigenvalue weighted by Gasteiger charge is 2.16. The first-order valence-corrected chi connectivity index (χ1v) is 11.3. The van der Waals surface area contributed by atoms with E-state index in [4.69, 9.17) is 4.99 Å². The zero-order valence-electron chi connectivity index (χ0n) is 18.1. The smallest absolute Gasteiger partial charge is 0.191 e. The second-order valence-electron chi connectivity index (χ2n) is 7.62. The van der Waals surface area contributed by atoms with Gasteiger partial charge in [-0.05, 0) is 44.7 Å². The number of likely N-dealkylation sites (tertiary alicyclic amines) is 1. The lowest BCUT2D eigenvalue weighted by atomic mass is 10.1. The van der Waals surface area contributed by atoms with E-state index >= 15 is 0 Å². The Kier molecular flexibility index (Phi) is 10.5. The van der Waals surface area contributed by atoms with E-state index in [0.717, 1.165) is 55.7 Å². The first kappa shape index (κ1) is 25.0. The molecule has 3 N–H and O–H groups in total. The second kappa shape index (κ2) is 12.6. The summed E-state index contributed by atoms with van der Waals surface area (Å²) in [4.78, 5) is 13.0. The molecule has 0 radical (unpaired) electrons. The minimum Gasteiger partial charge on any atom is -0.393 e.